The van der Waals surface area contributed by atoms with Crippen molar-refractivity contribution < 1.29 is 8.42 Å². The van der Waals surface area contributed by atoms with E-state index < -0.39 is 15.2 Å². The van der Waals surface area contributed by atoms with Crippen molar-refractivity contribution in [3.05, 3.63) is 29.8 Å². The fraction of sp³-hybridized carbons (Fsp3) is 0.500. The molecule has 1 aromatic rings. The zero-order valence-electron chi connectivity index (χ0n) is 9.96. The van der Waals surface area contributed by atoms with E-state index in [1.54, 1.807) is 12.1 Å². The summed E-state index contributed by atoms with van der Waals surface area (Å²) in [5, 5.41) is 0.892. The standard InChI is InChI=1S/C12H18N2O2S/c1-10-6-2-3-7-11(10)17(15,16)12-8-4-5-9-14(12)13/h2-3,6-7,12H,4-5,8-9,13H2,1H3/t12-/m0/s1. The van der Waals surface area contributed by atoms with Gasteiger partial charge in [0.1, 0.15) is 5.37 Å². The van der Waals surface area contributed by atoms with Crippen LogP contribution in [0.25, 0.3) is 0 Å². The smallest absolute Gasteiger partial charge is 0.195 e. The number of nitrogens with two attached hydrogens (primary N) is 1. The predicted molar refractivity (Wildman–Crippen MR) is 66.9 cm³/mol. The van der Waals surface area contributed by atoms with Crippen molar-refractivity contribution >= 4 is 9.84 Å². The maximum absolute atomic E-state index is 12.5. The highest BCUT2D eigenvalue weighted by atomic mass is 32.2. The monoisotopic (exact) mass is 254 g/mol. The molecule has 1 saturated heterocycles. The van der Waals surface area contributed by atoms with Crippen LogP contribution in [0.5, 0.6) is 0 Å². The molecule has 1 fully saturated rings. The molecule has 0 aromatic heterocycles. The van der Waals surface area contributed by atoms with Crippen LogP contribution < -0.4 is 5.84 Å². The Labute approximate surface area is 102 Å². The lowest BCUT2D eigenvalue weighted by molar-refractivity contribution is 0.202. The van der Waals surface area contributed by atoms with E-state index in [9.17, 15) is 8.42 Å². The third-order valence-corrected chi connectivity index (χ3v) is 5.54. The first-order valence-corrected chi connectivity index (χ1v) is 7.39. The predicted octanol–water partition coefficient (Wildman–Crippen LogP) is 1.45. The third kappa shape index (κ3) is 2.36. The van der Waals surface area contributed by atoms with Crippen LogP contribution in [-0.4, -0.2) is 25.3 Å². The highest BCUT2D eigenvalue weighted by molar-refractivity contribution is 7.92. The average Bonchev–Trinajstić information content (AvgIpc) is 2.29. The van der Waals surface area contributed by atoms with E-state index in [0.29, 0.717) is 17.9 Å². The van der Waals surface area contributed by atoms with Crippen LogP contribution in [0.2, 0.25) is 0 Å². The molecular weight excluding hydrogens is 236 g/mol. The molecule has 0 amide bonds. The second-order valence-corrected chi connectivity index (χ2v) is 6.57. The van der Waals surface area contributed by atoms with Gasteiger partial charge < -0.3 is 0 Å². The van der Waals surface area contributed by atoms with E-state index in [1.807, 2.05) is 19.1 Å². The van der Waals surface area contributed by atoms with Gasteiger partial charge in [0.15, 0.2) is 9.84 Å². The summed E-state index contributed by atoms with van der Waals surface area (Å²) in [6.45, 7) is 2.46. The first-order chi connectivity index (χ1) is 8.03. The molecule has 0 bridgehead atoms. The molecule has 5 heteroatoms. The van der Waals surface area contributed by atoms with E-state index in [2.05, 4.69) is 0 Å². The Bertz CT molecular complexity index is 499. The minimum absolute atomic E-state index is 0.405. The maximum Gasteiger partial charge on any atom is 0.195 e. The summed E-state index contributed by atoms with van der Waals surface area (Å²) < 4.78 is 25.0. The van der Waals surface area contributed by atoms with Crippen molar-refractivity contribution in [2.75, 3.05) is 6.54 Å². The zero-order chi connectivity index (χ0) is 12.5. The summed E-state index contributed by atoms with van der Waals surface area (Å²) in [5.41, 5.74) is 0.784. The van der Waals surface area contributed by atoms with Crippen LogP contribution in [0, 0.1) is 6.92 Å². The van der Waals surface area contributed by atoms with Crippen molar-refractivity contribution in [2.45, 2.75) is 36.5 Å². The second-order valence-electron chi connectivity index (χ2n) is 4.50. The number of hydrogen-bond acceptors (Lipinski definition) is 4. The summed E-state index contributed by atoms with van der Waals surface area (Å²) in [5.74, 6) is 5.81. The molecule has 1 heterocycles. The van der Waals surface area contributed by atoms with E-state index in [-0.39, 0.29) is 0 Å². The highest BCUT2D eigenvalue weighted by Crippen LogP contribution is 2.26. The lowest BCUT2D eigenvalue weighted by Gasteiger charge is -2.31. The number of nitrogens with zero attached hydrogens (tertiary/aromatic N) is 1. The van der Waals surface area contributed by atoms with Crippen LogP contribution in [0.4, 0.5) is 0 Å². The lowest BCUT2D eigenvalue weighted by Crippen LogP contribution is -2.48. The third-order valence-electron chi connectivity index (χ3n) is 3.25. The van der Waals surface area contributed by atoms with Crippen LogP contribution in [0.15, 0.2) is 29.2 Å². The van der Waals surface area contributed by atoms with Gasteiger partial charge in [-0.25, -0.2) is 13.4 Å². The Morgan fingerprint density at radius 3 is 2.65 bits per heavy atom. The van der Waals surface area contributed by atoms with E-state index in [4.69, 9.17) is 5.84 Å². The van der Waals surface area contributed by atoms with Gasteiger partial charge in [0, 0.05) is 6.54 Å². The molecule has 1 aromatic carbocycles. The number of aryl methyl sites for hydroxylation is 1. The van der Waals surface area contributed by atoms with Crippen molar-refractivity contribution in [2.24, 2.45) is 5.84 Å². The minimum atomic E-state index is -3.34. The molecule has 0 spiro atoms. The molecule has 0 aliphatic carbocycles. The lowest BCUT2D eigenvalue weighted by atomic mass is 10.2. The summed E-state index contributed by atoms with van der Waals surface area (Å²) in [6.07, 6.45) is 2.51. The Morgan fingerprint density at radius 1 is 1.29 bits per heavy atom. The molecule has 0 saturated carbocycles. The number of hydrogen-bond donors (Lipinski definition) is 1. The van der Waals surface area contributed by atoms with Crippen LogP contribution in [-0.2, 0) is 9.84 Å². The minimum Gasteiger partial charge on any atom is -0.268 e. The van der Waals surface area contributed by atoms with Gasteiger partial charge in [-0.2, -0.15) is 0 Å². The average molecular weight is 254 g/mol. The largest absolute Gasteiger partial charge is 0.268 e. The molecule has 94 valence electrons. The van der Waals surface area contributed by atoms with Crippen LogP contribution >= 0.6 is 0 Å². The van der Waals surface area contributed by atoms with Gasteiger partial charge in [0.25, 0.3) is 0 Å². The fourth-order valence-electron chi connectivity index (χ4n) is 2.28. The van der Waals surface area contributed by atoms with Crippen molar-refractivity contribution in [3.63, 3.8) is 0 Å². The van der Waals surface area contributed by atoms with Gasteiger partial charge >= 0.3 is 0 Å². The molecule has 1 atom stereocenters. The summed E-state index contributed by atoms with van der Waals surface area (Å²) in [7, 11) is -3.34. The van der Waals surface area contributed by atoms with Gasteiger partial charge in [-0.1, -0.05) is 18.2 Å². The fourth-order valence-corrected chi connectivity index (χ4v) is 4.30. The SMILES string of the molecule is Cc1ccccc1S(=O)(=O)[C@H]1CCCCN1N. The normalized spacial score (nSPS) is 22.6. The molecule has 0 unspecified atom stereocenters. The van der Waals surface area contributed by atoms with Crippen LogP contribution in [0.3, 0.4) is 0 Å². The first kappa shape index (κ1) is 12.5. The molecule has 1 aliphatic heterocycles. The number of hydrazine groups is 1. The van der Waals surface area contributed by atoms with Crippen molar-refractivity contribution in [1.29, 1.82) is 0 Å². The Hall–Kier alpha value is -0.910. The molecule has 0 radical (unpaired) electrons. The summed E-state index contributed by atoms with van der Waals surface area (Å²) in [6, 6.07) is 7.07. The molecule has 2 N–H and O–H groups in total. The van der Waals surface area contributed by atoms with Gasteiger partial charge in [-0.15, -0.1) is 0 Å². The van der Waals surface area contributed by atoms with E-state index in [1.165, 1.54) is 5.01 Å². The van der Waals surface area contributed by atoms with E-state index in [0.717, 1.165) is 18.4 Å². The van der Waals surface area contributed by atoms with Gasteiger partial charge in [-0.3, -0.25) is 5.84 Å². The van der Waals surface area contributed by atoms with E-state index >= 15 is 0 Å². The molecular formula is C12H18N2O2S. The maximum atomic E-state index is 12.5. The first-order valence-electron chi connectivity index (χ1n) is 5.84. The Balaban J connectivity index is 2.39. The van der Waals surface area contributed by atoms with Gasteiger partial charge in [0.2, 0.25) is 0 Å². The van der Waals surface area contributed by atoms with Crippen LogP contribution in [0.1, 0.15) is 24.8 Å². The number of rotatable bonds is 2. The summed E-state index contributed by atoms with van der Waals surface area (Å²) in [4.78, 5) is 0.405. The molecule has 1 aliphatic rings. The number of benzene rings is 1. The highest BCUT2D eigenvalue weighted by Gasteiger charge is 2.33. The van der Waals surface area contributed by atoms with Gasteiger partial charge in [0.05, 0.1) is 4.90 Å². The summed E-state index contributed by atoms with van der Waals surface area (Å²) >= 11 is 0. The molecule has 4 nitrogen and oxygen atoms in total. The number of piperidine rings is 1. The molecule has 17 heavy (non-hydrogen) atoms. The zero-order valence-corrected chi connectivity index (χ0v) is 10.8. The van der Waals surface area contributed by atoms with Crippen molar-refractivity contribution in [3.8, 4) is 0 Å². The Morgan fingerprint density at radius 2 is 2.00 bits per heavy atom. The van der Waals surface area contributed by atoms with Crippen molar-refractivity contribution in [1.82, 2.24) is 5.01 Å². The second kappa shape index (κ2) is 4.76. The topological polar surface area (TPSA) is 63.4 Å². The quantitative estimate of drug-likeness (QED) is 0.811. The van der Waals surface area contributed by atoms with Gasteiger partial charge in [-0.05, 0) is 37.8 Å². The Kier molecular flexibility index (Phi) is 3.51. The number of sulfone groups is 1. The molecule has 2 rings (SSSR count).